The summed E-state index contributed by atoms with van der Waals surface area (Å²) in [5, 5.41) is 15.4. The van der Waals surface area contributed by atoms with Gasteiger partial charge in [-0.05, 0) is 67.0 Å². The van der Waals surface area contributed by atoms with E-state index in [1.807, 2.05) is 109 Å². The van der Waals surface area contributed by atoms with Gasteiger partial charge in [0, 0.05) is 6.04 Å². The summed E-state index contributed by atoms with van der Waals surface area (Å²) < 4.78 is 17.2. The zero-order valence-electron chi connectivity index (χ0n) is 28.1. The molecule has 256 valence electrons. The van der Waals surface area contributed by atoms with Gasteiger partial charge in [0.05, 0.1) is 19.1 Å². The molecule has 1 fully saturated rings. The number of hydrogen-bond acceptors (Lipinski definition) is 7. The Morgan fingerprint density at radius 2 is 1.27 bits per heavy atom. The quantitative estimate of drug-likeness (QED) is 0.136. The smallest absolute Gasteiger partial charge is 0.323 e. The van der Waals surface area contributed by atoms with Gasteiger partial charge in [0.1, 0.15) is 18.8 Å². The van der Waals surface area contributed by atoms with Gasteiger partial charge in [-0.15, -0.1) is 0 Å². The number of esters is 1. The lowest BCUT2D eigenvalue weighted by molar-refractivity contribution is -0.160. The second-order valence-corrected chi connectivity index (χ2v) is 12.9. The molecule has 1 aliphatic rings. The number of carbonyl (C=O) groups is 3. The maximum atomic E-state index is 13.7. The van der Waals surface area contributed by atoms with E-state index in [4.69, 9.17) is 14.2 Å². The normalized spacial score (nSPS) is 17.1. The molecule has 1 heterocycles. The third kappa shape index (κ3) is 10.6. The number of ether oxygens (including phenoxy) is 3. The van der Waals surface area contributed by atoms with Crippen LogP contribution in [-0.2, 0) is 41.4 Å². The zero-order valence-corrected chi connectivity index (χ0v) is 28.1. The molecule has 0 bridgehead atoms. The molecule has 2 unspecified atom stereocenters. The molecule has 4 aromatic carbocycles. The van der Waals surface area contributed by atoms with Crippen LogP contribution in [0, 0.1) is 0 Å². The lowest BCUT2D eigenvalue weighted by atomic mass is 9.97. The summed E-state index contributed by atoms with van der Waals surface area (Å²) >= 11 is 0. The predicted octanol–water partition coefficient (Wildman–Crippen LogP) is 5.81. The van der Waals surface area contributed by atoms with E-state index < -0.39 is 47.9 Å². The molecule has 4 aromatic rings. The third-order valence-corrected chi connectivity index (χ3v) is 8.35. The van der Waals surface area contributed by atoms with Crippen molar-refractivity contribution in [1.82, 2.24) is 10.6 Å². The molecule has 1 saturated heterocycles. The Kier molecular flexibility index (Phi) is 12.0. The highest BCUT2D eigenvalue weighted by Gasteiger charge is 2.35. The number of carbonyl (C=O) groups excluding carboxylic acids is 2. The first-order valence-corrected chi connectivity index (χ1v) is 16.6. The van der Waals surface area contributed by atoms with Crippen LogP contribution in [0.15, 0.2) is 109 Å². The predicted molar refractivity (Wildman–Crippen MR) is 188 cm³/mol. The van der Waals surface area contributed by atoms with Crippen LogP contribution in [0.25, 0.3) is 22.3 Å². The summed E-state index contributed by atoms with van der Waals surface area (Å²) in [5.74, 6) is -2.72. The molecule has 4 atom stereocenters. The fraction of sp³-hybridized carbons (Fsp3) is 0.325. The van der Waals surface area contributed by atoms with Crippen LogP contribution < -0.4 is 10.6 Å². The van der Waals surface area contributed by atoms with Crippen molar-refractivity contribution < 1.29 is 33.7 Å². The second-order valence-electron chi connectivity index (χ2n) is 12.9. The van der Waals surface area contributed by atoms with Crippen LogP contribution in [0.4, 0.5) is 0 Å². The van der Waals surface area contributed by atoms with E-state index in [2.05, 4.69) is 10.6 Å². The van der Waals surface area contributed by atoms with E-state index in [0.717, 1.165) is 33.4 Å². The number of carboxylic acid groups (broad SMARTS) is 1. The van der Waals surface area contributed by atoms with E-state index in [0.29, 0.717) is 6.61 Å². The Morgan fingerprint density at radius 1 is 0.776 bits per heavy atom. The molecule has 0 saturated carbocycles. The highest BCUT2D eigenvalue weighted by molar-refractivity contribution is 5.84. The molecule has 5 rings (SSSR count). The number of hydrogen-bond donors (Lipinski definition) is 3. The molecule has 0 radical (unpaired) electrons. The maximum Gasteiger partial charge on any atom is 0.323 e. The van der Waals surface area contributed by atoms with Crippen LogP contribution in [0.3, 0.4) is 0 Å². The van der Waals surface area contributed by atoms with Gasteiger partial charge in [-0.3, -0.25) is 19.7 Å². The van der Waals surface area contributed by atoms with Crippen molar-refractivity contribution in [3.05, 3.63) is 120 Å². The Balaban J connectivity index is 1.37. The van der Waals surface area contributed by atoms with Crippen molar-refractivity contribution >= 4 is 17.8 Å². The van der Waals surface area contributed by atoms with Gasteiger partial charge >= 0.3 is 11.9 Å². The molecule has 9 nitrogen and oxygen atoms in total. The van der Waals surface area contributed by atoms with Crippen molar-refractivity contribution in [3.8, 4) is 22.3 Å². The lowest BCUT2D eigenvalue weighted by Gasteiger charge is -2.26. The first-order chi connectivity index (χ1) is 23.5. The van der Waals surface area contributed by atoms with Crippen molar-refractivity contribution in [2.45, 2.75) is 70.1 Å². The molecule has 3 N–H and O–H groups in total. The van der Waals surface area contributed by atoms with Gasteiger partial charge in [0.25, 0.3) is 0 Å². The van der Waals surface area contributed by atoms with Gasteiger partial charge < -0.3 is 24.6 Å². The molecule has 0 aliphatic carbocycles. The van der Waals surface area contributed by atoms with E-state index in [9.17, 15) is 19.5 Å². The summed E-state index contributed by atoms with van der Waals surface area (Å²) in [7, 11) is 0. The van der Waals surface area contributed by atoms with Crippen LogP contribution in [0.1, 0.15) is 38.3 Å². The summed E-state index contributed by atoms with van der Waals surface area (Å²) in [4.78, 5) is 38.8. The minimum Gasteiger partial charge on any atom is -0.481 e. The Bertz CT molecular complexity index is 1680. The standard InChI is InChI=1S/C40H44N2O7/c1-27(22-37(43)44)41-38(45)35(23-28-14-18-32(19-15-28)30-10-6-4-7-11-30)42-36(39(46)47-25-34-26-48-40(2,3)49-34)24-29-16-20-33(21-17-29)31-12-8-5-9-13-31/h4-21,27,34-36,42H,22-26H2,1-3H3,(H,41,45)(H,43,44)/t27-,34?,35+,36?/m1/s1. The molecule has 1 amide bonds. The van der Waals surface area contributed by atoms with E-state index >= 15 is 0 Å². The molecule has 0 spiro atoms. The van der Waals surface area contributed by atoms with E-state index in [1.165, 1.54) is 0 Å². The molecular formula is C40H44N2O7. The van der Waals surface area contributed by atoms with Gasteiger partial charge in [-0.2, -0.15) is 0 Å². The molecular weight excluding hydrogens is 620 g/mol. The topological polar surface area (TPSA) is 123 Å². The summed E-state index contributed by atoms with van der Waals surface area (Å²) in [5.41, 5.74) is 5.98. The second kappa shape index (κ2) is 16.5. The number of amides is 1. The van der Waals surface area contributed by atoms with Crippen LogP contribution >= 0.6 is 0 Å². The lowest BCUT2D eigenvalue weighted by Crippen LogP contribution is -2.54. The fourth-order valence-corrected chi connectivity index (χ4v) is 5.86. The average molecular weight is 665 g/mol. The van der Waals surface area contributed by atoms with Crippen LogP contribution in [-0.4, -0.2) is 66.2 Å². The third-order valence-electron chi connectivity index (χ3n) is 8.35. The van der Waals surface area contributed by atoms with Crippen molar-refractivity contribution in [2.24, 2.45) is 0 Å². The first-order valence-electron chi connectivity index (χ1n) is 16.6. The highest BCUT2D eigenvalue weighted by atomic mass is 16.7. The SMILES string of the molecule is C[C@H](CC(=O)O)NC(=O)[C@H](Cc1ccc(-c2ccccc2)cc1)NC(Cc1ccc(-c2ccccc2)cc1)C(=O)OCC1COC(C)(C)O1. The first kappa shape index (κ1) is 35.5. The van der Waals surface area contributed by atoms with Crippen molar-refractivity contribution in [3.63, 3.8) is 0 Å². The van der Waals surface area contributed by atoms with E-state index in [1.54, 1.807) is 20.8 Å². The summed E-state index contributed by atoms with van der Waals surface area (Å²) in [6.45, 7) is 5.55. The minimum atomic E-state index is -1.02. The fourth-order valence-electron chi connectivity index (χ4n) is 5.86. The number of benzene rings is 4. The maximum absolute atomic E-state index is 13.7. The highest BCUT2D eigenvalue weighted by Crippen LogP contribution is 2.24. The molecule has 49 heavy (non-hydrogen) atoms. The number of rotatable bonds is 15. The Morgan fingerprint density at radius 3 is 1.73 bits per heavy atom. The monoisotopic (exact) mass is 664 g/mol. The van der Waals surface area contributed by atoms with Crippen molar-refractivity contribution in [1.29, 1.82) is 0 Å². The van der Waals surface area contributed by atoms with Gasteiger partial charge in [-0.25, -0.2) is 0 Å². The van der Waals surface area contributed by atoms with Gasteiger partial charge in [0.2, 0.25) is 5.91 Å². The average Bonchev–Trinajstić information content (AvgIpc) is 3.45. The largest absolute Gasteiger partial charge is 0.481 e. The van der Waals surface area contributed by atoms with Crippen LogP contribution in [0.2, 0.25) is 0 Å². The molecule has 0 aromatic heterocycles. The van der Waals surface area contributed by atoms with E-state index in [-0.39, 0.29) is 25.9 Å². The summed E-state index contributed by atoms with van der Waals surface area (Å²) in [6.07, 6.45) is -0.138. The Hall–Kier alpha value is -4.83. The van der Waals surface area contributed by atoms with Crippen LogP contribution in [0.5, 0.6) is 0 Å². The number of aliphatic carboxylic acids is 1. The number of carboxylic acids is 1. The zero-order chi connectivity index (χ0) is 34.8. The summed E-state index contributed by atoms with van der Waals surface area (Å²) in [6, 6.07) is 33.5. The van der Waals surface area contributed by atoms with Gasteiger partial charge in [-0.1, -0.05) is 109 Å². The minimum absolute atomic E-state index is 0.000838. The van der Waals surface area contributed by atoms with Gasteiger partial charge in [0.15, 0.2) is 5.79 Å². The molecule has 9 heteroatoms. The molecule has 1 aliphatic heterocycles. The Labute approximate surface area is 287 Å². The van der Waals surface area contributed by atoms with Crippen molar-refractivity contribution in [2.75, 3.05) is 13.2 Å². The number of nitrogens with one attached hydrogen (secondary N) is 2.